The van der Waals surface area contributed by atoms with E-state index in [2.05, 4.69) is 6.92 Å². The molecule has 0 amide bonds. The van der Waals surface area contributed by atoms with Crippen LogP contribution in [-0.4, -0.2) is 17.0 Å². The van der Waals surface area contributed by atoms with E-state index in [-0.39, 0.29) is 17.9 Å². The van der Waals surface area contributed by atoms with Crippen LogP contribution in [-0.2, 0) is 4.79 Å². The fourth-order valence-electron chi connectivity index (χ4n) is 3.75. The van der Waals surface area contributed by atoms with Gasteiger partial charge in [0.1, 0.15) is 5.78 Å². The van der Waals surface area contributed by atoms with Gasteiger partial charge in [0.2, 0.25) is 0 Å². The lowest BCUT2D eigenvalue weighted by Crippen LogP contribution is -2.27. The number of hydrogen-bond acceptors (Lipinski definition) is 2. The molecule has 0 aromatic heterocycles. The molecule has 2 nitrogen and oxygen atoms in total. The molecule has 2 aliphatic carbocycles. The van der Waals surface area contributed by atoms with Gasteiger partial charge in [-0.05, 0) is 25.2 Å². The number of hydrogen-bond donors (Lipinski definition) is 1. The van der Waals surface area contributed by atoms with Crippen molar-refractivity contribution in [2.75, 3.05) is 0 Å². The second kappa shape index (κ2) is 5.99. The van der Waals surface area contributed by atoms with Crippen LogP contribution in [0.1, 0.15) is 64.7 Å². The Morgan fingerprint density at radius 2 is 1.71 bits per heavy atom. The van der Waals surface area contributed by atoms with E-state index in [0.29, 0.717) is 11.7 Å². The van der Waals surface area contributed by atoms with Crippen LogP contribution in [0, 0.1) is 17.8 Å². The molecule has 2 aliphatic rings. The summed E-state index contributed by atoms with van der Waals surface area (Å²) in [5, 5.41) is 10.1. The van der Waals surface area contributed by atoms with Gasteiger partial charge in [-0.25, -0.2) is 0 Å². The van der Waals surface area contributed by atoms with Gasteiger partial charge in [-0.15, -0.1) is 0 Å². The first-order valence-electron chi connectivity index (χ1n) is 7.47. The molecule has 4 atom stereocenters. The fraction of sp³-hybridized carbons (Fsp3) is 0.933. The maximum absolute atomic E-state index is 11.8. The van der Waals surface area contributed by atoms with Crippen molar-refractivity contribution in [2.24, 2.45) is 17.8 Å². The first-order chi connectivity index (χ1) is 8.25. The second-order valence-electron chi connectivity index (χ2n) is 5.90. The molecule has 0 spiro atoms. The Morgan fingerprint density at radius 1 is 1.06 bits per heavy atom. The standard InChI is InChI=1S/C15H26O2/c1-2-3-4-5-6-7-8-11-12-9-10-13(14(11)16)15(12)17/h11-14,16H,2-10H2,1H3/t11-,12-,13+,14-/m0/s1. The molecule has 0 aromatic rings. The van der Waals surface area contributed by atoms with Crippen molar-refractivity contribution in [1.82, 2.24) is 0 Å². The molecule has 98 valence electrons. The minimum absolute atomic E-state index is 0.00471. The summed E-state index contributed by atoms with van der Waals surface area (Å²) in [6.07, 6.45) is 10.5. The predicted octanol–water partition coefficient (Wildman–Crippen LogP) is 3.32. The quantitative estimate of drug-likeness (QED) is 0.691. The summed E-state index contributed by atoms with van der Waals surface area (Å²) in [4.78, 5) is 11.8. The van der Waals surface area contributed by atoms with Crippen molar-refractivity contribution < 1.29 is 9.90 Å². The summed E-state index contributed by atoms with van der Waals surface area (Å²) in [6, 6.07) is 0. The van der Waals surface area contributed by atoms with Crippen molar-refractivity contribution >= 4 is 5.78 Å². The minimum Gasteiger partial charge on any atom is -0.392 e. The van der Waals surface area contributed by atoms with Gasteiger partial charge in [-0.3, -0.25) is 4.79 Å². The van der Waals surface area contributed by atoms with Crippen LogP contribution >= 0.6 is 0 Å². The summed E-state index contributed by atoms with van der Waals surface area (Å²) in [5.74, 6) is 0.886. The third-order valence-electron chi connectivity index (χ3n) is 4.78. The molecule has 2 rings (SSSR count). The first-order valence-corrected chi connectivity index (χ1v) is 7.47. The van der Waals surface area contributed by atoms with E-state index in [0.717, 1.165) is 19.3 Å². The van der Waals surface area contributed by atoms with Gasteiger partial charge in [0.05, 0.1) is 6.10 Å². The first kappa shape index (κ1) is 13.1. The molecule has 2 bridgehead atoms. The van der Waals surface area contributed by atoms with Gasteiger partial charge < -0.3 is 5.11 Å². The van der Waals surface area contributed by atoms with E-state index in [1.54, 1.807) is 0 Å². The molecule has 0 unspecified atom stereocenters. The Hall–Kier alpha value is -0.370. The topological polar surface area (TPSA) is 37.3 Å². The Bertz CT molecular complexity index is 262. The largest absolute Gasteiger partial charge is 0.392 e. The lowest BCUT2D eigenvalue weighted by molar-refractivity contribution is -0.122. The van der Waals surface area contributed by atoms with Crippen LogP contribution in [0.25, 0.3) is 0 Å². The molecule has 2 saturated carbocycles. The highest BCUT2D eigenvalue weighted by atomic mass is 16.3. The van der Waals surface area contributed by atoms with Crippen molar-refractivity contribution in [3.05, 3.63) is 0 Å². The smallest absolute Gasteiger partial charge is 0.142 e. The lowest BCUT2D eigenvalue weighted by Gasteiger charge is -2.25. The van der Waals surface area contributed by atoms with Crippen molar-refractivity contribution in [2.45, 2.75) is 70.8 Å². The molecule has 0 heterocycles. The van der Waals surface area contributed by atoms with Crippen molar-refractivity contribution in [3.63, 3.8) is 0 Å². The maximum Gasteiger partial charge on any atom is 0.142 e. The van der Waals surface area contributed by atoms with Gasteiger partial charge in [0, 0.05) is 11.8 Å². The molecule has 17 heavy (non-hydrogen) atoms. The van der Waals surface area contributed by atoms with Gasteiger partial charge in [-0.1, -0.05) is 45.4 Å². The van der Waals surface area contributed by atoms with Crippen molar-refractivity contribution in [1.29, 1.82) is 0 Å². The number of unbranched alkanes of at least 4 members (excludes halogenated alkanes) is 5. The Balaban J connectivity index is 1.65. The predicted molar refractivity (Wildman–Crippen MR) is 68.7 cm³/mol. The molecule has 0 aliphatic heterocycles. The van der Waals surface area contributed by atoms with Gasteiger partial charge in [-0.2, -0.15) is 0 Å². The van der Waals surface area contributed by atoms with E-state index < -0.39 is 0 Å². The Morgan fingerprint density at radius 3 is 2.35 bits per heavy atom. The van der Waals surface area contributed by atoms with Gasteiger partial charge in [0.15, 0.2) is 0 Å². The average Bonchev–Trinajstić information content (AvgIpc) is 2.79. The highest BCUT2D eigenvalue weighted by Gasteiger charge is 2.52. The Kier molecular flexibility index (Phi) is 4.61. The number of aliphatic hydroxyl groups is 1. The van der Waals surface area contributed by atoms with Crippen LogP contribution < -0.4 is 0 Å². The zero-order valence-electron chi connectivity index (χ0n) is 11.0. The highest BCUT2D eigenvalue weighted by molar-refractivity contribution is 5.88. The monoisotopic (exact) mass is 238 g/mol. The van der Waals surface area contributed by atoms with E-state index in [1.807, 2.05) is 0 Å². The molecule has 2 heteroatoms. The lowest BCUT2D eigenvalue weighted by atomic mass is 9.83. The fourth-order valence-corrected chi connectivity index (χ4v) is 3.75. The van der Waals surface area contributed by atoms with Gasteiger partial charge in [0.25, 0.3) is 0 Å². The average molecular weight is 238 g/mol. The zero-order valence-corrected chi connectivity index (χ0v) is 11.0. The van der Waals surface area contributed by atoms with Crippen LogP contribution in [0.4, 0.5) is 0 Å². The molecule has 0 aromatic carbocycles. The number of fused-ring (bicyclic) bond motifs is 2. The molecule has 2 fully saturated rings. The number of Topliss-reactive ketones (excluding diaryl/α,β-unsaturated/α-hetero) is 1. The summed E-state index contributed by atoms with van der Waals surface area (Å²) >= 11 is 0. The summed E-state index contributed by atoms with van der Waals surface area (Å²) in [6.45, 7) is 2.23. The third kappa shape index (κ3) is 2.73. The molecule has 0 saturated heterocycles. The number of carbonyl (C=O) groups is 1. The SMILES string of the molecule is CCCCCCCC[C@@H]1[C@H](O)[C@H]2CC[C@@H]1C2=O. The number of rotatable bonds is 7. The van der Waals surface area contributed by atoms with Crippen LogP contribution in [0.2, 0.25) is 0 Å². The van der Waals surface area contributed by atoms with Crippen LogP contribution in [0.3, 0.4) is 0 Å². The van der Waals surface area contributed by atoms with Crippen molar-refractivity contribution in [3.8, 4) is 0 Å². The van der Waals surface area contributed by atoms with Gasteiger partial charge >= 0.3 is 0 Å². The summed E-state index contributed by atoms with van der Waals surface area (Å²) in [7, 11) is 0. The maximum atomic E-state index is 11.8. The minimum atomic E-state index is -0.308. The zero-order chi connectivity index (χ0) is 12.3. The normalized spacial score (nSPS) is 35.8. The van der Waals surface area contributed by atoms with E-state index in [9.17, 15) is 9.90 Å². The van der Waals surface area contributed by atoms with E-state index in [1.165, 1.54) is 38.5 Å². The third-order valence-corrected chi connectivity index (χ3v) is 4.78. The molecule has 0 radical (unpaired) electrons. The van der Waals surface area contributed by atoms with E-state index in [4.69, 9.17) is 0 Å². The van der Waals surface area contributed by atoms with Crippen LogP contribution in [0.5, 0.6) is 0 Å². The molecule has 1 N–H and O–H groups in total. The molecular weight excluding hydrogens is 212 g/mol. The number of carbonyl (C=O) groups excluding carboxylic acids is 1. The number of ketones is 1. The summed E-state index contributed by atoms with van der Waals surface area (Å²) < 4.78 is 0. The Labute approximate surface area is 105 Å². The number of aliphatic hydroxyl groups excluding tert-OH is 1. The van der Waals surface area contributed by atoms with E-state index >= 15 is 0 Å². The summed E-state index contributed by atoms with van der Waals surface area (Å²) in [5.41, 5.74) is 0. The highest BCUT2D eigenvalue weighted by Crippen LogP contribution is 2.47. The van der Waals surface area contributed by atoms with Crippen LogP contribution in [0.15, 0.2) is 0 Å². The molecular formula is C15H26O2. The second-order valence-corrected chi connectivity index (χ2v) is 5.90.